The van der Waals surface area contributed by atoms with Gasteiger partial charge in [-0.1, -0.05) is 29.5 Å². The van der Waals surface area contributed by atoms with Crippen LogP contribution in [-0.4, -0.2) is 15.0 Å². The van der Waals surface area contributed by atoms with E-state index in [0.29, 0.717) is 22.6 Å². The van der Waals surface area contributed by atoms with Crippen molar-refractivity contribution in [1.29, 1.82) is 0 Å². The molecule has 126 valence electrons. The fourth-order valence-corrected chi connectivity index (χ4v) is 4.17. The van der Waals surface area contributed by atoms with Gasteiger partial charge in [0.1, 0.15) is 16.9 Å². The zero-order chi connectivity index (χ0) is 17.4. The first-order valence-corrected chi connectivity index (χ1v) is 9.62. The lowest BCUT2D eigenvalue weighted by Crippen LogP contribution is -1.95. The number of aryl methyl sites for hydroxylation is 2. The maximum Gasteiger partial charge on any atom is 0.226 e. The number of thiophene rings is 1. The minimum atomic E-state index is 0.518. The molecular formula is C18H16N4OS2. The molecule has 0 saturated carbocycles. The smallest absolute Gasteiger partial charge is 0.226 e. The lowest BCUT2D eigenvalue weighted by atomic mass is 10.1. The first-order chi connectivity index (χ1) is 12.1. The van der Waals surface area contributed by atoms with Gasteiger partial charge in [-0.05, 0) is 36.9 Å². The van der Waals surface area contributed by atoms with E-state index in [2.05, 4.69) is 40.9 Å². The van der Waals surface area contributed by atoms with Gasteiger partial charge in [-0.15, -0.1) is 11.3 Å². The van der Waals surface area contributed by atoms with Gasteiger partial charge >= 0.3 is 0 Å². The third-order valence-electron chi connectivity index (χ3n) is 3.85. The molecule has 0 aliphatic heterocycles. The van der Waals surface area contributed by atoms with Gasteiger partial charge in [-0.2, -0.15) is 0 Å². The van der Waals surface area contributed by atoms with E-state index in [4.69, 9.17) is 10.2 Å². The predicted molar refractivity (Wildman–Crippen MR) is 103 cm³/mol. The van der Waals surface area contributed by atoms with Crippen LogP contribution in [0.3, 0.4) is 0 Å². The van der Waals surface area contributed by atoms with Crippen LogP contribution in [0.5, 0.6) is 0 Å². The van der Waals surface area contributed by atoms with Crippen LogP contribution in [0.1, 0.15) is 16.8 Å². The van der Waals surface area contributed by atoms with E-state index in [0.717, 1.165) is 27.0 Å². The van der Waals surface area contributed by atoms with E-state index in [1.54, 1.807) is 17.6 Å². The minimum Gasteiger partial charge on any atom is -0.444 e. The van der Waals surface area contributed by atoms with Crippen molar-refractivity contribution in [2.75, 3.05) is 5.73 Å². The average molecular weight is 368 g/mol. The molecule has 5 nitrogen and oxygen atoms in total. The Morgan fingerprint density at radius 3 is 2.88 bits per heavy atom. The van der Waals surface area contributed by atoms with E-state index in [9.17, 15) is 0 Å². The predicted octanol–water partition coefficient (Wildman–Crippen LogP) is 4.84. The Labute approximate surface area is 153 Å². The van der Waals surface area contributed by atoms with Crippen LogP contribution in [0.15, 0.2) is 45.5 Å². The molecule has 0 amide bonds. The number of benzene rings is 1. The highest BCUT2D eigenvalue weighted by Gasteiger charge is 2.12. The lowest BCUT2D eigenvalue weighted by Gasteiger charge is -2.02. The molecule has 2 N–H and O–H groups in total. The Morgan fingerprint density at radius 1 is 1.16 bits per heavy atom. The summed E-state index contributed by atoms with van der Waals surface area (Å²) in [7, 11) is 0. The van der Waals surface area contributed by atoms with Gasteiger partial charge < -0.3 is 10.2 Å². The van der Waals surface area contributed by atoms with Crippen molar-refractivity contribution in [3.8, 4) is 11.5 Å². The Morgan fingerprint density at radius 2 is 2.04 bits per heavy atom. The molecule has 0 radical (unpaired) electrons. The second-order valence-corrected chi connectivity index (χ2v) is 7.62. The van der Waals surface area contributed by atoms with Gasteiger partial charge in [-0.3, -0.25) is 0 Å². The quantitative estimate of drug-likeness (QED) is 0.410. The maximum atomic E-state index is 5.99. The van der Waals surface area contributed by atoms with Gasteiger partial charge in [0.25, 0.3) is 0 Å². The molecule has 25 heavy (non-hydrogen) atoms. The first kappa shape index (κ1) is 16.1. The van der Waals surface area contributed by atoms with Crippen molar-refractivity contribution in [1.82, 2.24) is 15.0 Å². The summed E-state index contributed by atoms with van der Waals surface area (Å²) in [6.45, 7) is 4.14. The van der Waals surface area contributed by atoms with E-state index in [1.165, 1.54) is 17.3 Å². The number of anilines is 1. The normalized spacial score (nSPS) is 11.3. The third-order valence-corrected chi connectivity index (χ3v) is 5.53. The topological polar surface area (TPSA) is 77.8 Å². The summed E-state index contributed by atoms with van der Waals surface area (Å²) in [5.41, 5.74) is 10.2. The molecule has 0 unspecified atom stereocenters. The number of hydrogen-bond donors (Lipinski definition) is 1. The van der Waals surface area contributed by atoms with E-state index in [-0.39, 0.29) is 0 Å². The summed E-state index contributed by atoms with van der Waals surface area (Å²) >= 11 is 3.07. The number of hydrogen-bond acceptors (Lipinski definition) is 7. The lowest BCUT2D eigenvalue weighted by molar-refractivity contribution is 0.573. The van der Waals surface area contributed by atoms with Gasteiger partial charge in [0.05, 0.1) is 11.1 Å². The molecule has 0 aliphatic carbocycles. The second-order valence-electron chi connectivity index (χ2n) is 5.78. The Hall–Kier alpha value is -2.38. The van der Waals surface area contributed by atoms with Crippen molar-refractivity contribution in [3.63, 3.8) is 0 Å². The highest BCUT2D eigenvalue weighted by atomic mass is 32.2. The Balaban J connectivity index is 1.52. The van der Waals surface area contributed by atoms with Gasteiger partial charge in [0.2, 0.25) is 5.89 Å². The van der Waals surface area contributed by atoms with E-state index >= 15 is 0 Å². The zero-order valence-electron chi connectivity index (χ0n) is 13.8. The summed E-state index contributed by atoms with van der Waals surface area (Å²) in [4.78, 5) is 14.4. The van der Waals surface area contributed by atoms with Crippen molar-refractivity contribution < 1.29 is 4.42 Å². The van der Waals surface area contributed by atoms with Gasteiger partial charge in [0, 0.05) is 11.3 Å². The van der Waals surface area contributed by atoms with Crippen molar-refractivity contribution >= 4 is 39.1 Å². The summed E-state index contributed by atoms with van der Waals surface area (Å²) < 4.78 is 5.65. The molecule has 0 spiro atoms. The van der Waals surface area contributed by atoms with Crippen molar-refractivity contribution in [2.24, 2.45) is 0 Å². The molecular weight excluding hydrogens is 352 g/mol. The number of nitrogen functional groups attached to an aromatic ring is 1. The van der Waals surface area contributed by atoms with Crippen LogP contribution in [0, 0.1) is 13.8 Å². The number of rotatable bonds is 4. The van der Waals surface area contributed by atoms with Crippen LogP contribution in [-0.2, 0) is 5.75 Å². The average Bonchev–Trinajstić information content (AvgIpc) is 3.22. The molecule has 0 fully saturated rings. The number of oxazole rings is 1. The zero-order valence-corrected chi connectivity index (χ0v) is 15.4. The number of nitrogens with zero attached hydrogens (tertiary/aromatic N) is 3. The van der Waals surface area contributed by atoms with Crippen molar-refractivity contribution in [3.05, 3.63) is 52.7 Å². The third kappa shape index (κ3) is 3.25. The monoisotopic (exact) mass is 368 g/mol. The van der Waals surface area contributed by atoms with Crippen LogP contribution < -0.4 is 5.73 Å². The van der Waals surface area contributed by atoms with E-state index < -0.39 is 0 Å². The van der Waals surface area contributed by atoms with E-state index in [1.807, 2.05) is 17.5 Å². The number of aromatic nitrogens is 3. The SMILES string of the molecule is Cc1ccc(-c2nc(CSc3nc(N)c4ccsc4n3)co2)c(C)c1. The highest BCUT2D eigenvalue weighted by molar-refractivity contribution is 7.98. The van der Waals surface area contributed by atoms with Gasteiger partial charge in [0.15, 0.2) is 5.16 Å². The molecule has 0 atom stereocenters. The molecule has 3 heterocycles. The number of nitrogens with two attached hydrogens (primary N) is 1. The van der Waals surface area contributed by atoms with Gasteiger partial charge in [-0.25, -0.2) is 15.0 Å². The maximum absolute atomic E-state index is 5.99. The van der Waals surface area contributed by atoms with Crippen LogP contribution in [0.25, 0.3) is 21.7 Å². The Bertz CT molecular complexity index is 1050. The van der Waals surface area contributed by atoms with Crippen LogP contribution in [0.4, 0.5) is 5.82 Å². The fraction of sp³-hybridized carbons (Fsp3) is 0.167. The molecule has 0 bridgehead atoms. The number of thioether (sulfide) groups is 1. The molecule has 0 aliphatic rings. The first-order valence-electron chi connectivity index (χ1n) is 7.76. The standard InChI is InChI=1S/C18H16N4OS2/c1-10-3-4-13(11(2)7-10)16-20-12(8-23-16)9-25-18-21-15(19)14-5-6-24-17(14)22-18/h3-8H,9H2,1-2H3,(H2,19,21,22). The molecule has 7 heteroatoms. The molecule has 1 aromatic carbocycles. The Kier molecular flexibility index (Phi) is 4.19. The molecule has 3 aromatic heterocycles. The number of fused-ring (bicyclic) bond motifs is 1. The highest BCUT2D eigenvalue weighted by Crippen LogP contribution is 2.29. The molecule has 4 rings (SSSR count). The summed E-state index contributed by atoms with van der Waals surface area (Å²) in [5.74, 6) is 1.79. The summed E-state index contributed by atoms with van der Waals surface area (Å²) in [6.07, 6.45) is 1.69. The largest absolute Gasteiger partial charge is 0.444 e. The van der Waals surface area contributed by atoms with Crippen molar-refractivity contribution in [2.45, 2.75) is 24.8 Å². The fourth-order valence-electron chi connectivity index (χ4n) is 2.61. The van der Waals surface area contributed by atoms with Crippen LogP contribution >= 0.6 is 23.1 Å². The van der Waals surface area contributed by atoms with Crippen LogP contribution in [0.2, 0.25) is 0 Å². The summed E-state index contributed by atoms with van der Waals surface area (Å²) in [5, 5.41) is 3.54. The minimum absolute atomic E-state index is 0.518. The summed E-state index contributed by atoms with van der Waals surface area (Å²) in [6, 6.07) is 8.17. The second kappa shape index (κ2) is 6.50. The molecule has 4 aromatic rings. The molecule has 0 saturated heterocycles.